The van der Waals surface area contributed by atoms with E-state index in [0.717, 1.165) is 44.9 Å². The van der Waals surface area contributed by atoms with Crippen molar-refractivity contribution in [2.45, 2.75) is 76.0 Å². The second kappa shape index (κ2) is 12.4. The molecular formula is C27H37N2O4P. The van der Waals surface area contributed by atoms with Gasteiger partial charge in [0.2, 0.25) is 5.91 Å². The van der Waals surface area contributed by atoms with Gasteiger partial charge in [-0.15, -0.1) is 0 Å². The molecule has 7 heteroatoms. The fourth-order valence-electron chi connectivity index (χ4n) is 5.05. The molecule has 0 heterocycles. The van der Waals surface area contributed by atoms with Crippen LogP contribution < -0.4 is 19.7 Å². The maximum Gasteiger partial charge on any atom is 0.453 e. The van der Waals surface area contributed by atoms with Gasteiger partial charge >= 0.3 is 7.60 Å². The Balaban J connectivity index is 1.56. The number of nitrogens with one attached hydrogen (secondary N) is 2. The Kier molecular flexibility index (Phi) is 9.06. The highest BCUT2D eigenvalue weighted by Gasteiger charge is 2.45. The number of amides is 1. The van der Waals surface area contributed by atoms with E-state index in [0.29, 0.717) is 17.5 Å². The summed E-state index contributed by atoms with van der Waals surface area (Å²) in [6, 6.07) is 18.6. The van der Waals surface area contributed by atoms with Crippen LogP contribution in [-0.4, -0.2) is 24.3 Å². The molecule has 0 radical (unpaired) electrons. The van der Waals surface area contributed by atoms with E-state index in [1.54, 1.807) is 24.3 Å². The van der Waals surface area contributed by atoms with E-state index in [1.807, 2.05) is 36.4 Å². The molecule has 0 aromatic heterocycles. The first-order valence-corrected chi connectivity index (χ1v) is 14.4. The quantitative estimate of drug-likeness (QED) is 0.388. The summed E-state index contributed by atoms with van der Waals surface area (Å²) in [4.78, 5) is 13.1. The smallest absolute Gasteiger partial charge is 0.415 e. The lowest BCUT2D eigenvalue weighted by molar-refractivity contribution is -0.121. The van der Waals surface area contributed by atoms with E-state index in [4.69, 9.17) is 9.05 Å². The molecule has 0 saturated heterocycles. The molecule has 0 spiro atoms. The Morgan fingerprint density at radius 3 is 1.82 bits per heavy atom. The number of carbonyl (C=O) groups is 1. The molecular weight excluding hydrogens is 447 g/mol. The van der Waals surface area contributed by atoms with Crippen LogP contribution in [0.25, 0.3) is 0 Å². The van der Waals surface area contributed by atoms with Crippen molar-refractivity contribution in [2.24, 2.45) is 5.92 Å². The van der Waals surface area contributed by atoms with Gasteiger partial charge in [0.15, 0.2) is 5.78 Å². The van der Waals surface area contributed by atoms with E-state index < -0.39 is 13.4 Å². The number of benzene rings is 2. The summed E-state index contributed by atoms with van der Waals surface area (Å²) in [7, 11) is -3.81. The Labute approximate surface area is 203 Å². The number of rotatable bonds is 10. The van der Waals surface area contributed by atoms with E-state index in [-0.39, 0.29) is 18.4 Å². The Morgan fingerprint density at radius 2 is 1.29 bits per heavy atom. The molecule has 2 aliphatic rings. The standard InChI is InChI=1S/C27H37N2O4P/c30-26(21-28-23-15-7-2-8-16-23)29-27(22-13-5-1-6-14-22)34(31,32-24-17-9-3-10-18-24)33-25-19-11-4-12-20-25/h3-4,9-12,17-20,22-23,27-28H,1-2,5-8,13-16,21H2,(H,29,30). The Morgan fingerprint density at radius 1 is 0.794 bits per heavy atom. The minimum absolute atomic E-state index is 0.0330. The summed E-state index contributed by atoms with van der Waals surface area (Å²) >= 11 is 0. The molecule has 1 unspecified atom stereocenters. The predicted octanol–water partition coefficient (Wildman–Crippen LogP) is 6.28. The Hall–Kier alpha value is -2.30. The zero-order valence-corrected chi connectivity index (χ0v) is 20.8. The van der Waals surface area contributed by atoms with Crippen LogP contribution in [0.4, 0.5) is 0 Å². The van der Waals surface area contributed by atoms with Gasteiger partial charge in [-0.1, -0.05) is 74.9 Å². The molecule has 184 valence electrons. The molecule has 0 aliphatic heterocycles. The Bertz CT molecular complexity index is 883. The first-order chi connectivity index (χ1) is 16.6. The molecule has 34 heavy (non-hydrogen) atoms. The van der Waals surface area contributed by atoms with Crippen LogP contribution in [0, 0.1) is 5.92 Å². The van der Waals surface area contributed by atoms with Crippen molar-refractivity contribution in [3.8, 4) is 11.5 Å². The van der Waals surface area contributed by atoms with Gasteiger partial charge in [-0.25, -0.2) is 4.57 Å². The molecule has 2 fully saturated rings. The van der Waals surface area contributed by atoms with Crippen molar-refractivity contribution in [3.05, 3.63) is 60.7 Å². The summed E-state index contributed by atoms with van der Waals surface area (Å²) in [6.07, 6.45) is 10.9. The zero-order chi connectivity index (χ0) is 23.6. The molecule has 2 aliphatic carbocycles. The fourth-order valence-corrected chi connectivity index (χ4v) is 7.27. The molecule has 2 aromatic rings. The second-order valence-electron chi connectivity index (χ2n) is 9.47. The molecule has 0 bridgehead atoms. The van der Waals surface area contributed by atoms with Gasteiger partial charge in [0.25, 0.3) is 0 Å². The molecule has 2 N–H and O–H groups in total. The zero-order valence-electron chi connectivity index (χ0n) is 19.9. The van der Waals surface area contributed by atoms with Crippen LogP contribution >= 0.6 is 7.60 Å². The van der Waals surface area contributed by atoms with Gasteiger partial charge in [0.1, 0.15) is 11.5 Å². The molecule has 4 rings (SSSR count). The average molecular weight is 485 g/mol. The normalized spacial score (nSPS) is 18.7. The predicted molar refractivity (Wildman–Crippen MR) is 135 cm³/mol. The van der Waals surface area contributed by atoms with E-state index in [2.05, 4.69) is 10.6 Å². The second-order valence-corrected chi connectivity index (χ2v) is 11.5. The number of para-hydroxylation sites is 2. The van der Waals surface area contributed by atoms with E-state index in [9.17, 15) is 9.36 Å². The third kappa shape index (κ3) is 7.10. The first-order valence-electron chi connectivity index (χ1n) is 12.7. The summed E-state index contributed by atoms with van der Waals surface area (Å²) in [6.45, 7) is 0.213. The minimum Gasteiger partial charge on any atom is -0.415 e. The summed E-state index contributed by atoms with van der Waals surface area (Å²) in [5.41, 5.74) is 0. The van der Waals surface area contributed by atoms with Gasteiger partial charge in [0, 0.05) is 6.04 Å². The molecule has 1 amide bonds. The van der Waals surface area contributed by atoms with Crippen molar-refractivity contribution in [2.75, 3.05) is 6.54 Å². The molecule has 6 nitrogen and oxygen atoms in total. The van der Waals surface area contributed by atoms with Gasteiger partial charge < -0.3 is 19.7 Å². The van der Waals surface area contributed by atoms with Crippen LogP contribution in [0.5, 0.6) is 11.5 Å². The van der Waals surface area contributed by atoms with Crippen molar-refractivity contribution >= 4 is 13.5 Å². The lowest BCUT2D eigenvalue weighted by Gasteiger charge is -2.35. The summed E-state index contributed by atoms with van der Waals surface area (Å²) < 4.78 is 26.7. The van der Waals surface area contributed by atoms with E-state index >= 15 is 0 Å². The third-order valence-corrected chi connectivity index (χ3v) is 9.02. The molecule has 1 atom stereocenters. The van der Waals surface area contributed by atoms with Crippen LogP contribution in [0.1, 0.15) is 64.2 Å². The highest BCUT2D eigenvalue weighted by molar-refractivity contribution is 7.55. The van der Waals surface area contributed by atoms with Gasteiger partial charge in [-0.3, -0.25) is 4.79 Å². The third-order valence-electron chi connectivity index (χ3n) is 6.85. The van der Waals surface area contributed by atoms with Crippen LogP contribution in [0.2, 0.25) is 0 Å². The largest absolute Gasteiger partial charge is 0.453 e. The monoisotopic (exact) mass is 484 g/mol. The SMILES string of the molecule is O=C(CNC1CCCCC1)NC(C1CCCCC1)P(=O)(Oc1ccccc1)Oc1ccccc1. The van der Waals surface area contributed by atoms with Gasteiger partial charge in [0.05, 0.1) is 6.54 Å². The van der Waals surface area contributed by atoms with Crippen LogP contribution in [0.3, 0.4) is 0 Å². The van der Waals surface area contributed by atoms with Crippen molar-refractivity contribution in [3.63, 3.8) is 0 Å². The highest BCUT2D eigenvalue weighted by atomic mass is 31.2. The molecule has 2 aromatic carbocycles. The first kappa shape index (κ1) is 24.8. The number of hydrogen-bond donors (Lipinski definition) is 2. The maximum atomic E-state index is 14.5. The topological polar surface area (TPSA) is 76.7 Å². The number of carbonyl (C=O) groups excluding carboxylic acids is 1. The van der Waals surface area contributed by atoms with Gasteiger partial charge in [-0.2, -0.15) is 0 Å². The minimum atomic E-state index is -3.81. The summed E-state index contributed by atoms with van der Waals surface area (Å²) in [5.74, 6) is 0.100. The summed E-state index contributed by atoms with van der Waals surface area (Å²) in [5, 5.41) is 6.49. The van der Waals surface area contributed by atoms with Crippen molar-refractivity contribution in [1.29, 1.82) is 0 Å². The van der Waals surface area contributed by atoms with Crippen LogP contribution in [0.15, 0.2) is 60.7 Å². The maximum absolute atomic E-state index is 14.5. The highest BCUT2D eigenvalue weighted by Crippen LogP contribution is 2.56. The van der Waals surface area contributed by atoms with E-state index in [1.165, 1.54) is 19.3 Å². The fraction of sp³-hybridized carbons (Fsp3) is 0.519. The number of hydrogen-bond acceptors (Lipinski definition) is 5. The lowest BCUT2D eigenvalue weighted by atomic mass is 9.89. The molecule has 2 saturated carbocycles. The average Bonchev–Trinajstić information content (AvgIpc) is 2.88. The van der Waals surface area contributed by atoms with Crippen molar-refractivity contribution < 1.29 is 18.4 Å². The van der Waals surface area contributed by atoms with Crippen molar-refractivity contribution in [1.82, 2.24) is 10.6 Å². The van der Waals surface area contributed by atoms with Gasteiger partial charge in [-0.05, 0) is 55.9 Å². The lowest BCUT2D eigenvalue weighted by Crippen LogP contribution is -2.47. The van der Waals surface area contributed by atoms with Crippen LogP contribution in [-0.2, 0) is 9.36 Å².